The van der Waals surface area contributed by atoms with Crippen molar-refractivity contribution in [3.63, 3.8) is 0 Å². The topological polar surface area (TPSA) is 62.2 Å². The standard InChI is InChI=1S/C19H17ClN2O2S/c1-11-7-8-13(12(2)9-11)18-16(10-17(23)24)25-19(22-18)21-15-6-4-3-5-14(15)20/h3-9H,10H2,1-2H3,(H,21,22)(H,23,24). The van der Waals surface area contributed by atoms with E-state index in [1.807, 2.05) is 44.2 Å². The molecular formula is C19H17ClN2O2S. The SMILES string of the molecule is Cc1ccc(-c2nc(Nc3ccccc3Cl)sc2CC(=O)O)c(C)c1. The number of rotatable bonds is 5. The second-order valence-corrected chi connectivity index (χ2v) is 7.28. The highest BCUT2D eigenvalue weighted by atomic mass is 35.5. The van der Waals surface area contributed by atoms with Crippen molar-refractivity contribution in [3.8, 4) is 11.3 Å². The van der Waals surface area contributed by atoms with Crippen molar-refractivity contribution < 1.29 is 9.90 Å². The van der Waals surface area contributed by atoms with Gasteiger partial charge in [0.25, 0.3) is 0 Å². The number of carboxylic acid groups (broad SMARTS) is 1. The molecule has 2 N–H and O–H groups in total. The van der Waals surface area contributed by atoms with Gasteiger partial charge in [-0.3, -0.25) is 4.79 Å². The Kier molecular flexibility index (Phi) is 5.06. The summed E-state index contributed by atoms with van der Waals surface area (Å²) in [5.74, 6) is -0.876. The zero-order valence-electron chi connectivity index (χ0n) is 13.8. The number of hydrogen-bond acceptors (Lipinski definition) is 4. The Labute approximate surface area is 155 Å². The Morgan fingerprint density at radius 2 is 2.00 bits per heavy atom. The van der Waals surface area contributed by atoms with E-state index in [4.69, 9.17) is 11.6 Å². The molecule has 0 unspecified atom stereocenters. The van der Waals surface area contributed by atoms with Crippen LogP contribution in [0.15, 0.2) is 42.5 Å². The molecule has 0 bridgehead atoms. The van der Waals surface area contributed by atoms with Crippen LogP contribution in [0.5, 0.6) is 0 Å². The van der Waals surface area contributed by atoms with Gasteiger partial charge in [0, 0.05) is 10.4 Å². The van der Waals surface area contributed by atoms with Crippen molar-refractivity contribution in [1.82, 2.24) is 4.98 Å². The summed E-state index contributed by atoms with van der Waals surface area (Å²) < 4.78 is 0. The number of para-hydroxylation sites is 1. The van der Waals surface area contributed by atoms with Crippen LogP contribution in [0.25, 0.3) is 11.3 Å². The third kappa shape index (κ3) is 4.00. The highest BCUT2D eigenvalue weighted by Crippen LogP contribution is 2.36. The Balaban J connectivity index is 2.03. The first-order valence-electron chi connectivity index (χ1n) is 7.74. The summed E-state index contributed by atoms with van der Waals surface area (Å²) in [5.41, 5.74) is 4.63. The van der Waals surface area contributed by atoms with Crippen LogP contribution in [0, 0.1) is 13.8 Å². The van der Waals surface area contributed by atoms with Gasteiger partial charge in [-0.05, 0) is 31.5 Å². The molecule has 3 rings (SSSR count). The molecule has 3 aromatic rings. The molecule has 0 aliphatic heterocycles. The highest BCUT2D eigenvalue weighted by molar-refractivity contribution is 7.16. The Bertz CT molecular complexity index is 937. The van der Waals surface area contributed by atoms with Crippen molar-refractivity contribution >= 4 is 39.7 Å². The van der Waals surface area contributed by atoms with Crippen LogP contribution in [-0.4, -0.2) is 16.1 Å². The van der Waals surface area contributed by atoms with Gasteiger partial charge in [-0.2, -0.15) is 0 Å². The summed E-state index contributed by atoms with van der Waals surface area (Å²) in [5, 5.41) is 13.6. The lowest BCUT2D eigenvalue weighted by atomic mass is 10.0. The van der Waals surface area contributed by atoms with Crippen molar-refractivity contribution in [1.29, 1.82) is 0 Å². The minimum absolute atomic E-state index is 0.0650. The molecule has 0 aliphatic rings. The first-order valence-corrected chi connectivity index (χ1v) is 8.94. The maximum absolute atomic E-state index is 11.3. The highest BCUT2D eigenvalue weighted by Gasteiger charge is 2.18. The molecule has 0 aliphatic carbocycles. The predicted molar refractivity (Wildman–Crippen MR) is 103 cm³/mol. The summed E-state index contributed by atoms with van der Waals surface area (Å²) in [6.07, 6.45) is -0.0650. The van der Waals surface area contributed by atoms with Crippen LogP contribution in [0.2, 0.25) is 5.02 Å². The fourth-order valence-corrected chi connectivity index (χ4v) is 3.79. The quantitative estimate of drug-likeness (QED) is 0.625. The number of nitrogens with one attached hydrogen (secondary N) is 1. The van der Waals surface area contributed by atoms with Gasteiger partial charge in [-0.15, -0.1) is 11.3 Å². The number of carbonyl (C=O) groups is 1. The van der Waals surface area contributed by atoms with E-state index in [1.165, 1.54) is 11.3 Å². The average Bonchev–Trinajstić information content (AvgIpc) is 2.91. The van der Waals surface area contributed by atoms with Gasteiger partial charge in [0.1, 0.15) is 0 Å². The first-order chi connectivity index (χ1) is 11.9. The van der Waals surface area contributed by atoms with Gasteiger partial charge in [0.2, 0.25) is 0 Å². The number of aromatic nitrogens is 1. The second-order valence-electron chi connectivity index (χ2n) is 5.78. The summed E-state index contributed by atoms with van der Waals surface area (Å²) in [4.78, 5) is 16.6. The zero-order valence-corrected chi connectivity index (χ0v) is 15.4. The van der Waals surface area contributed by atoms with E-state index in [9.17, 15) is 9.90 Å². The monoisotopic (exact) mass is 372 g/mol. The maximum atomic E-state index is 11.3. The lowest BCUT2D eigenvalue weighted by Crippen LogP contribution is -2.00. The van der Waals surface area contributed by atoms with Gasteiger partial charge >= 0.3 is 5.97 Å². The predicted octanol–water partition coefficient (Wildman–Crippen LogP) is 5.45. The molecule has 0 saturated heterocycles. The molecule has 0 spiro atoms. The number of nitrogens with zero attached hydrogens (tertiary/aromatic N) is 1. The second kappa shape index (κ2) is 7.25. The number of anilines is 2. The zero-order chi connectivity index (χ0) is 18.0. The third-order valence-corrected chi connectivity index (χ3v) is 5.06. The lowest BCUT2D eigenvalue weighted by Gasteiger charge is -2.06. The van der Waals surface area contributed by atoms with Gasteiger partial charge in [-0.25, -0.2) is 4.98 Å². The van der Waals surface area contributed by atoms with E-state index >= 15 is 0 Å². The molecule has 2 aromatic carbocycles. The summed E-state index contributed by atoms with van der Waals surface area (Å²) in [6.45, 7) is 4.04. The van der Waals surface area contributed by atoms with E-state index in [2.05, 4.69) is 16.4 Å². The van der Waals surface area contributed by atoms with Crippen molar-refractivity contribution in [2.45, 2.75) is 20.3 Å². The van der Waals surface area contributed by atoms with Crippen LogP contribution < -0.4 is 5.32 Å². The largest absolute Gasteiger partial charge is 0.481 e. The number of hydrogen-bond donors (Lipinski definition) is 2. The van der Waals surface area contributed by atoms with E-state index in [0.29, 0.717) is 20.7 Å². The average molecular weight is 373 g/mol. The molecule has 0 fully saturated rings. The van der Waals surface area contributed by atoms with Crippen molar-refractivity contribution in [2.75, 3.05) is 5.32 Å². The van der Waals surface area contributed by atoms with Crippen LogP contribution in [0.1, 0.15) is 16.0 Å². The van der Waals surface area contributed by atoms with E-state index in [0.717, 1.165) is 22.4 Å². The molecular weight excluding hydrogens is 356 g/mol. The molecule has 25 heavy (non-hydrogen) atoms. The molecule has 4 nitrogen and oxygen atoms in total. The number of aliphatic carboxylic acids is 1. The van der Waals surface area contributed by atoms with Gasteiger partial charge in [0.15, 0.2) is 5.13 Å². The molecule has 0 amide bonds. The minimum Gasteiger partial charge on any atom is -0.481 e. The van der Waals surface area contributed by atoms with Gasteiger partial charge in [-0.1, -0.05) is 47.5 Å². The van der Waals surface area contributed by atoms with Crippen LogP contribution >= 0.6 is 22.9 Å². The Hall–Kier alpha value is -2.37. The fraction of sp³-hybridized carbons (Fsp3) is 0.158. The third-order valence-electron chi connectivity index (χ3n) is 3.76. The van der Waals surface area contributed by atoms with Crippen LogP contribution in [-0.2, 0) is 11.2 Å². The number of halogens is 1. The summed E-state index contributed by atoms with van der Waals surface area (Å²) in [7, 11) is 0. The summed E-state index contributed by atoms with van der Waals surface area (Å²) in [6, 6.07) is 13.5. The van der Waals surface area contributed by atoms with E-state index in [-0.39, 0.29) is 6.42 Å². The smallest absolute Gasteiger partial charge is 0.308 e. The van der Waals surface area contributed by atoms with Gasteiger partial charge in [0.05, 0.1) is 22.8 Å². The number of thiazole rings is 1. The number of benzene rings is 2. The summed E-state index contributed by atoms with van der Waals surface area (Å²) >= 11 is 7.52. The molecule has 0 saturated carbocycles. The van der Waals surface area contributed by atoms with Crippen molar-refractivity contribution in [3.05, 3.63) is 63.5 Å². The van der Waals surface area contributed by atoms with Gasteiger partial charge < -0.3 is 10.4 Å². The first kappa shape index (κ1) is 17.5. The fourth-order valence-electron chi connectivity index (χ4n) is 2.63. The number of aryl methyl sites for hydroxylation is 2. The normalized spacial score (nSPS) is 10.7. The Morgan fingerprint density at radius 3 is 2.68 bits per heavy atom. The molecule has 0 atom stereocenters. The molecule has 6 heteroatoms. The Morgan fingerprint density at radius 1 is 1.24 bits per heavy atom. The van der Waals surface area contributed by atoms with E-state index in [1.54, 1.807) is 6.07 Å². The minimum atomic E-state index is -0.876. The maximum Gasteiger partial charge on any atom is 0.308 e. The molecule has 1 aromatic heterocycles. The number of carboxylic acids is 1. The van der Waals surface area contributed by atoms with E-state index < -0.39 is 5.97 Å². The molecule has 1 heterocycles. The molecule has 128 valence electrons. The van der Waals surface area contributed by atoms with Crippen molar-refractivity contribution in [2.24, 2.45) is 0 Å². The molecule has 0 radical (unpaired) electrons. The lowest BCUT2D eigenvalue weighted by molar-refractivity contribution is -0.136. The van der Waals surface area contributed by atoms with Crippen LogP contribution in [0.4, 0.5) is 10.8 Å². The van der Waals surface area contributed by atoms with Crippen LogP contribution in [0.3, 0.4) is 0 Å².